The number of aromatic nitrogens is 2. The van der Waals surface area contributed by atoms with Crippen LogP contribution in [-0.4, -0.2) is 16.0 Å². The van der Waals surface area contributed by atoms with E-state index in [1.165, 1.54) is 6.07 Å². The number of amides is 1. The fourth-order valence-electron chi connectivity index (χ4n) is 3.14. The molecule has 1 saturated carbocycles. The van der Waals surface area contributed by atoms with Gasteiger partial charge in [0.05, 0.1) is 6.04 Å². The maximum atomic E-state index is 12.8. The Balaban J connectivity index is 1.70. The normalized spacial score (nSPS) is 17.1. The van der Waals surface area contributed by atoms with Gasteiger partial charge in [0, 0.05) is 23.7 Å². The van der Waals surface area contributed by atoms with Gasteiger partial charge in [-0.25, -0.2) is 0 Å². The number of carbonyl (C=O) groups excluding carboxylic acids is 1. The Kier molecular flexibility index (Phi) is 5.29. The molecule has 5 nitrogen and oxygen atoms in total. The highest BCUT2D eigenvalue weighted by atomic mass is 19.4. The van der Waals surface area contributed by atoms with Crippen LogP contribution in [0.1, 0.15) is 56.5 Å². The first-order valence-electron chi connectivity index (χ1n) is 8.65. The summed E-state index contributed by atoms with van der Waals surface area (Å²) in [6.07, 6.45) is 1.61. The lowest BCUT2D eigenvalue weighted by atomic mass is 9.88. The van der Waals surface area contributed by atoms with Gasteiger partial charge < -0.3 is 9.84 Å². The van der Waals surface area contributed by atoms with E-state index in [1.807, 2.05) is 0 Å². The van der Waals surface area contributed by atoms with Crippen LogP contribution in [0.25, 0.3) is 11.3 Å². The average molecular weight is 367 g/mol. The van der Waals surface area contributed by atoms with Crippen molar-refractivity contribution >= 4 is 5.91 Å². The third kappa shape index (κ3) is 4.23. The zero-order chi connectivity index (χ0) is 18.7. The lowest BCUT2D eigenvalue weighted by molar-refractivity contribution is -0.141. The monoisotopic (exact) mass is 367 g/mol. The highest BCUT2D eigenvalue weighted by molar-refractivity contribution is 5.79. The van der Waals surface area contributed by atoms with Gasteiger partial charge in [-0.15, -0.1) is 0 Å². The minimum atomic E-state index is -4.52. The number of nitrogens with zero attached hydrogens (tertiary/aromatic N) is 2. The molecule has 0 bridgehead atoms. The zero-order valence-corrected chi connectivity index (χ0v) is 14.3. The molecule has 0 aromatic carbocycles. The van der Waals surface area contributed by atoms with Crippen LogP contribution in [-0.2, 0) is 11.0 Å². The molecule has 2 heterocycles. The molecule has 0 saturated heterocycles. The molecule has 1 unspecified atom stereocenters. The minimum Gasteiger partial charge on any atom is -0.359 e. The van der Waals surface area contributed by atoms with E-state index in [-0.39, 0.29) is 23.1 Å². The summed E-state index contributed by atoms with van der Waals surface area (Å²) in [5.74, 6) is 0.399. The summed E-state index contributed by atoms with van der Waals surface area (Å²) in [5.41, 5.74) is -0.460. The Morgan fingerprint density at radius 1 is 1.27 bits per heavy atom. The molecule has 2 aromatic rings. The Bertz CT molecular complexity index is 767. The van der Waals surface area contributed by atoms with Crippen LogP contribution in [0, 0.1) is 5.92 Å². The second kappa shape index (κ2) is 7.47. The number of carbonyl (C=O) groups is 1. The summed E-state index contributed by atoms with van der Waals surface area (Å²) in [7, 11) is 0. The fourth-order valence-corrected chi connectivity index (χ4v) is 3.14. The van der Waals surface area contributed by atoms with Gasteiger partial charge in [0.2, 0.25) is 5.91 Å². The van der Waals surface area contributed by atoms with Crippen molar-refractivity contribution in [2.75, 3.05) is 0 Å². The molecule has 0 radical (unpaired) electrons. The van der Waals surface area contributed by atoms with Crippen molar-refractivity contribution in [3.05, 3.63) is 35.9 Å². The number of hydrogen-bond acceptors (Lipinski definition) is 4. The molecule has 140 valence electrons. The predicted octanol–water partition coefficient (Wildman–Crippen LogP) is 4.51. The molecular formula is C18H20F3N3O2. The van der Waals surface area contributed by atoms with Crippen molar-refractivity contribution in [1.82, 2.24) is 15.5 Å². The topological polar surface area (TPSA) is 68.0 Å². The molecule has 1 amide bonds. The largest absolute Gasteiger partial charge is 0.433 e. The van der Waals surface area contributed by atoms with Crippen LogP contribution in [0.2, 0.25) is 0 Å². The molecule has 0 spiro atoms. The van der Waals surface area contributed by atoms with Crippen molar-refractivity contribution in [2.45, 2.75) is 51.2 Å². The summed E-state index contributed by atoms with van der Waals surface area (Å²) in [5, 5.41) is 6.73. The summed E-state index contributed by atoms with van der Waals surface area (Å²) in [6, 6.07) is 3.49. The Morgan fingerprint density at radius 2 is 2.00 bits per heavy atom. The predicted molar refractivity (Wildman–Crippen MR) is 87.9 cm³/mol. The third-order valence-corrected chi connectivity index (χ3v) is 4.64. The molecule has 1 fully saturated rings. The fraction of sp³-hybridized carbons (Fsp3) is 0.500. The molecule has 2 aromatic heterocycles. The van der Waals surface area contributed by atoms with E-state index in [0.717, 1.165) is 44.4 Å². The maximum absolute atomic E-state index is 12.8. The quantitative estimate of drug-likeness (QED) is 0.863. The smallest absolute Gasteiger partial charge is 0.359 e. The summed E-state index contributed by atoms with van der Waals surface area (Å²) in [6.45, 7) is 1.76. The molecular weight excluding hydrogens is 347 g/mol. The second-order valence-corrected chi connectivity index (χ2v) is 6.61. The third-order valence-electron chi connectivity index (χ3n) is 4.64. The lowest BCUT2D eigenvalue weighted by Gasteiger charge is -2.22. The Morgan fingerprint density at radius 3 is 2.69 bits per heavy atom. The SMILES string of the molecule is CC(NC(=O)C1CCCCC1)c1cc(-c2ccnc(C(F)(F)F)c2)no1. The van der Waals surface area contributed by atoms with Crippen LogP contribution in [0.3, 0.4) is 0 Å². The average Bonchev–Trinajstić information content (AvgIpc) is 3.12. The molecule has 1 aliphatic rings. The number of halogens is 3. The first-order chi connectivity index (χ1) is 12.3. The van der Waals surface area contributed by atoms with Gasteiger partial charge in [-0.05, 0) is 31.9 Å². The highest BCUT2D eigenvalue weighted by Gasteiger charge is 2.32. The minimum absolute atomic E-state index is 0.0154. The lowest BCUT2D eigenvalue weighted by Crippen LogP contribution is -2.33. The molecule has 3 rings (SSSR count). The molecule has 0 aliphatic heterocycles. The van der Waals surface area contributed by atoms with Gasteiger partial charge >= 0.3 is 6.18 Å². The molecule has 1 aliphatic carbocycles. The maximum Gasteiger partial charge on any atom is 0.433 e. The zero-order valence-electron chi connectivity index (χ0n) is 14.3. The summed E-state index contributed by atoms with van der Waals surface area (Å²) >= 11 is 0. The van der Waals surface area contributed by atoms with E-state index >= 15 is 0 Å². The number of nitrogens with one attached hydrogen (secondary N) is 1. The number of pyridine rings is 1. The van der Waals surface area contributed by atoms with Gasteiger partial charge in [-0.2, -0.15) is 13.2 Å². The van der Waals surface area contributed by atoms with Crippen LogP contribution in [0.4, 0.5) is 13.2 Å². The Labute approximate surface area is 149 Å². The second-order valence-electron chi connectivity index (χ2n) is 6.61. The van der Waals surface area contributed by atoms with Gasteiger partial charge in [0.25, 0.3) is 0 Å². The molecule has 1 N–H and O–H groups in total. The van der Waals surface area contributed by atoms with Crippen LogP contribution >= 0.6 is 0 Å². The van der Waals surface area contributed by atoms with Crippen molar-refractivity contribution in [2.24, 2.45) is 5.92 Å². The van der Waals surface area contributed by atoms with Crippen LogP contribution < -0.4 is 5.32 Å². The van der Waals surface area contributed by atoms with Crippen molar-refractivity contribution in [1.29, 1.82) is 0 Å². The van der Waals surface area contributed by atoms with Gasteiger partial charge in [0.1, 0.15) is 11.4 Å². The van der Waals surface area contributed by atoms with Gasteiger partial charge in [-0.3, -0.25) is 9.78 Å². The number of alkyl halides is 3. The first-order valence-corrected chi connectivity index (χ1v) is 8.65. The van der Waals surface area contributed by atoms with E-state index in [1.54, 1.807) is 13.0 Å². The summed E-state index contributed by atoms with van der Waals surface area (Å²) in [4.78, 5) is 15.6. The van der Waals surface area contributed by atoms with Crippen LogP contribution in [0.15, 0.2) is 28.9 Å². The van der Waals surface area contributed by atoms with Gasteiger partial charge in [0.15, 0.2) is 5.76 Å². The van der Waals surface area contributed by atoms with Crippen molar-refractivity contribution in [3.63, 3.8) is 0 Å². The van der Waals surface area contributed by atoms with E-state index in [4.69, 9.17) is 4.52 Å². The standard InChI is InChI=1S/C18H20F3N3O2/c1-11(23-17(25)12-5-3-2-4-6-12)15-10-14(24-26-15)13-7-8-22-16(9-13)18(19,20)21/h7-12H,2-6H2,1H3,(H,23,25). The highest BCUT2D eigenvalue weighted by Crippen LogP contribution is 2.31. The van der Waals surface area contributed by atoms with Crippen molar-refractivity contribution in [3.8, 4) is 11.3 Å². The van der Waals surface area contributed by atoms with E-state index in [0.29, 0.717) is 5.76 Å². The Hall–Kier alpha value is -2.38. The molecule has 8 heteroatoms. The molecule has 1 atom stereocenters. The summed E-state index contributed by atoms with van der Waals surface area (Å²) < 4.78 is 43.6. The van der Waals surface area contributed by atoms with E-state index < -0.39 is 17.9 Å². The van der Waals surface area contributed by atoms with Crippen molar-refractivity contribution < 1.29 is 22.5 Å². The number of rotatable bonds is 4. The van der Waals surface area contributed by atoms with Gasteiger partial charge in [-0.1, -0.05) is 24.4 Å². The van der Waals surface area contributed by atoms with E-state index in [9.17, 15) is 18.0 Å². The van der Waals surface area contributed by atoms with E-state index in [2.05, 4.69) is 15.5 Å². The number of hydrogen-bond donors (Lipinski definition) is 1. The molecule has 26 heavy (non-hydrogen) atoms. The van der Waals surface area contributed by atoms with Crippen LogP contribution in [0.5, 0.6) is 0 Å². The first kappa shape index (κ1) is 18.4.